The second-order valence-electron chi connectivity index (χ2n) is 4.36. The summed E-state index contributed by atoms with van der Waals surface area (Å²) in [7, 11) is 1.77. The molecule has 2 aromatic rings. The van der Waals surface area contributed by atoms with Crippen molar-refractivity contribution >= 4 is 17.3 Å². The van der Waals surface area contributed by atoms with Crippen molar-refractivity contribution in [3.05, 3.63) is 41.0 Å². The first-order chi connectivity index (χ1) is 8.90. The fourth-order valence-electron chi connectivity index (χ4n) is 1.90. The highest BCUT2D eigenvalue weighted by atomic mass is 19.1. The van der Waals surface area contributed by atoms with Crippen molar-refractivity contribution in [3.63, 3.8) is 0 Å². The molecule has 2 rings (SSSR count). The first kappa shape index (κ1) is 13.1. The highest BCUT2D eigenvalue weighted by Crippen LogP contribution is 2.18. The number of aromatic nitrogens is 2. The van der Waals surface area contributed by atoms with Crippen LogP contribution in [0.5, 0.6) is 0 Å². The largest absolute Gasteiger partial charge is 0.396 e. The fourth-order valence-corrected chi connectivity index (χ4v) is 1.90. The molecule has 1 amide bonds. The van der Waals surface area contributed by atoms with Gasteiger partial charge in [0, 0.05) is 18.4 Å². The molecular weight excluding hydrogens is 247 g/mol. The first-order valence-electron chi connectivity index (χ1n) is 5.76. The lowest BCUT2D eigenvalue weighted by molar-refractivity contribution is 0.102. The number of anilines is 2. The molecule has 0 spiro atoms. The molecule has 0 saturated heterocycles. The van der Waals surface area contributed by atoms with Crippen LogP contribution in [0.3, 0.4) is 0 Å². The summed E-state index contributed by atoms with van der Waals surface area (Å²) in [6, 6.07) is 4.15. The van der Waals surface area contributed by atoms with E-state index in [2.05, 4.69) is 10.4 Å². The second kappa shape index (κ2) is 4.72. The van der Waals surface area contributed by atoms with Gasteiger partial charge in [-0.2, -0.15) is 5.10 Å². The topological polar surface area (TPSA) is 72.9 Å². The van der Waals surface area contributed by atoms with E-state index in [1.54, 1.807) is 31.6 Å². The number of nitrogens with one attached hydrogen (secondary N) is 1. The number of hydrogen-bond acceptors (Lipinski definition) is 3. The number of nitrogens with two attached hydrogens (primary N) is 1. The summed E-state index contributed by atoms with van der Waals surface area (Å²) in [5, 5.41) is 6.80. The van der Waals surface area contributed by atoms with E-state index in [0.717, 1.165) is 5.69 Å². The third kappa shape index (κ3) is 2.42. The molecule has 6 heteroatoms. The number of amides is 1. The molecule has 0 aliphatic heterocycles. The lowest BCUT2D eigenvalue weighted by Gasteiger charge is -2.06. The molecule has 1 heterocycles. The monoisotopic (exact) mass is 262 g/mol. The Balaban J connectivity index is 2.28. The zero-order valence-electron chi connectivity index (χ0n) is 11.0. The molecule has 0 aliphatic carbocycles. The minimum absolute atomic E-state index is 0.0479. The van der Waals surface area contributed by atoms with Gasteiger partial charge in [-0.3, -0.25) is 9.48 Å². The van der Waals surface area contributed by atoms with Crippen LogP contribution in [0, 0.1) is 19.7 Å². The maximum absolute atomic E-state index is 13.3. The van der Waals surface area contributed by atoms with Crippen LogP contribution in [0.15, 0.2) is 18.2 Å². The van der Waals surface area contributed by atoms with Crippen LogP contribution in [0.4, 0.5) is 15.8 Å². The number of carbonyl (C=O) groups excluding carboxylic acids is 1. The van der Waals surface area contributed by atoms with Gasteiger partial charge in [-0.25, -0.2) is 4.39 Å². The highest BCUT2D eigenvalue weighted by molar-refractivity contribution is 6.05. The number of halogens is 1. The Kier molecular flexibility index (Phi) is 3.25. The van der Waals surface area contributed by atoms with E-state index < -0.39 is 5.82 Å². The van der Waals surface area contributed by atoms with Crippen LogP contribution in [-0.4, -0.2) is 15.7 Å². The summed E-state index contributed by atoms with van der Waals surface area (Å²) in [5.41, 5.74) is 7.68. The number of nitrogen functional groups attached to an aromatic ring is 1. The number of rotatable bonds is 2. The smallest absolute Gasteiger partial charge is 0.259 e. The van der Waals surface area contributed by atoms with Gasteiger partial charge in [0.2, 0.25) is 0 Å². The predicted octanol–water partition coefficient (Wildman–Crippen LogP) is 2.01. The van der Waals surface area contributed by atoms with Crippen LogP contribution in [0.25, 0.3) is 0 Å². The number of carbonyl (C=O) groups is 1. The molecule has 1 aromatic heterocycles. The van der Waals surface area contributed by atoms with E-state index in [1.165, 1.54) is 12.1 Å². The number of benzene rings is 1. The van der Waals surface area contributed by atoms with Gasteiger partial charge in [0.25, 0.3) is 5.91 Å². The van der Waals surface area contributed by atoms with E-state index in [1.807, 2.05) is 0 Å². The van der Waals surface area contributed by atoms with Crippen LogP contribution >= 0.6 is 0 Å². The minimum atomic E-state index is -0.558. The molecule has 0 saturated carbocycles. The van der Waals surface area contributed by atoms with Crippen LogP contribution in [-0.2, 0) is 7.05 Å². The van der Waals surface area contributed by atoms with Gasteiger partial charge in [0.05, 0.1) is 16.9 Å². The molecule has 3 N–H and O–H groups in total. The van der Waals surface area contributed by atoms with E-state index in [9.17, 15) is 9.18 Å². The molecule has 0 unspecified atom stereocenters. The quantitative estimate of drug-likeness (QED) is 0.813. The minimum Gasteiger partial charge on any atom is -0.396 e. The lowest BCUT2D eigenvalue weighted by Crippen LogP contribution is -2.14. The fraction of sp³-hybridized carbons (Fsp3) is 0.231. The maximum atomic E-state index is 13.3. The summed E-state index contributed by atoms with van der Waals surface area (Å²) in [4.78, 5) is 12.1. The van der Waals surface area contributed by atoms with Crippen molar-refractivity contribution in [2.75, 3.05) is 11.1 Å². The molecule has 0 fully saturated rings. The first-order valence-corrected chi connectivity index (χ1v) is 5.76. The van der Waals surface area contributed by atoms with Gasteiger partial charge in [-0.05, 0) is 32.0 Å². The molecule has 100 valence electrons. The van der Waals surface area contributed by atoms with Gasteiger partial charge in [-0.1, -0.05) is 0 Å². The average molecular weight is 262 g/mol. The number of nitrogens with zero attached hydrogens (tertiary/aromatic N) is 2. The molecule has 5 nitrogen and oxygen atoms in total. The molecule has 0 aliphatic rings. The van der Waals surface area contributed by atoms with E-state index >= 15 is 0 Å². The summed E-state index contributed by atoms with van der Waals surface area (Å²) in [5.74, 6) is -0.871. The molecule has 0 atom stereocenters. The van der Waals surface area contributed by atoms with Gasteiger partial charge in [-0.15, -0.1) is 0 Å². The zero-order valence-corrected chi connectivity index (χ0v) is 11.0. The van der Waals surface area contributed by atoms with Crippen molar-refractivity contribution in [1.29, 1.82) is 0 Å². The number of hydrogen-bond donors (Lipinski definition) is 2. The molecular formula is C13H15FN4O. The highest BCUT2D eigenvalue weighted by Gasteiger charge is 2.17. The Labute approximate surface area is 110 Å². The lowest BCUT2D eigenvalue weighted by atomic mass is 10.1. The Morgan fingerprint density at radius 1 is 1.42 bits per heavy atom. The molecule has 0 radical (unpaired) electrons. The van der Waals surface area contributed by atoms with Crippen molar-refractivity contribution in [3.8, 4) is 0 Å². The van der Waals surface area contributed by atoms with Crippen molar-refractivity contribution in [2.24, 2.45) is 7.05 Å². The van der Waals surface area contributed by atoms with Crippen LogP contribution < -0.4 is 11.1 Å². The van der Waals surface area contributed by atoms with E-state index in [-0.39, 0.29) is 11.6 Å². The normalized spacial score (nSPS) is 10.5. The molecule has 1 aromatic carbocycles. The maximum Gasteiger partial charge on any atom is 0.259 e. The van der Waals surface area contributed by atoms with Gasteiger partial charge >= 0.3 is 0 Å². The second-order valence-corrected chi connectivity index (χ2v) is 4.36. The number of aryl methyl sites for hydroxylation is 2. The van der Waals surface area contributed by atoms with Gasteiger partial charge in [0.1, 0.15) is 5.82 Å². The van der Waals surface area contributed by atoms with Crippen molar-refractivity contribution in [2.45, 2.75) is 13.8 Å². The standard InChI is InChI=1S/C13H15FN4O/c1-7-12(8(2)18(3)17-7)13(19)16-9-4-5-11(15)10(14)6-9/h4-6H,15H2,1-3H3,(H,16,19). The third-order valence-corrected chi connectivity index (χ3v) is 2.99. The van der Waals surface area contributed by atoms with Crippen LogP contribution in [0.2, 0.25) is 0 Å². The van der Waals surface area contributed by atoms with Crippen molar-refractivity contribution < 1.29 is 9.18 Å². The van der Waals surface area contributed by atoms with Gasteiger partial charge in [0.15, 0.2) is 0 Å². The summed E-state index contributed by atoms with van der Waals surface area (Å²) >= 11 is 0. The molecule has 19 heavy (non-hydrogen) atoms. The predicted molar refractivity (Wildman–Crippen MR) is 71.4 cm³/mol. The Morgan fingerprint density at radius 3 is 2.63 bits per heavy atom. The average Bonchev–Trinajstić information content (AvgIpc) is 2.58. The van der Waals surface area contributed by atoms with E-state index in [4.69, 9.17) is 5.73 Å². The Morgan fingerprint density at radius 2 is 2.11 bits per heavy atom. The van der Waals surface area contributed by atoms with Crippen LogP contribution in [0.1, 0.15) is 21.7 Å². The van der Waals surface area contributed by atoms with Crippen molar-refractivity contribution in [1.82, 2.24) is 9.78 Å². The zero-order chi connectivity index (χ0) is 14.2. The SMILES string of the molecule is Cc1nn(C)c(C)c1C(=O)Nc1ccc(N)c(F)c1. The summed E-state index contributed by atoms with van der Waals surface area (Å²) in [6.45, 7) is 3.56. The van der Waals surface area contributed by atoms with Gasteiger partial charge < -0.3 is 11.1 Å². The Bertz CT molecular complexity index is 648. The Hall–Kier alpha value is -2.37. The molecule has 0 bridgehead atoms. The summed E-state index contributed by atoms with van der Waals surface area (Å²) in [6.07, 6.45) is 0. The summed E-state index contributed by atoms with van der Waals surface area (Å²) < 4.78 is 14.9. The third-order valence-electron chi connectivity index (χ3n) is 2.99. The van der Waals surface area contributed by atoms with E-state index in [0.29, 0.717) is 16.9 Å².